The van der Waals surface area contributed by atoms with Gasteiger partial charge in [-0.2, -0.15) is 0 Å². The van der Waals surface area contributed by atoms with Crippen molar-refractivity contribution in [3.8, 4) is 0 Å². The summed E-state index contributed by atoms with van der Waals surface area (Å²) < 4.78 is 0. The zero-order chi connectivity index (χ0) is 17.8. The van der Waals surface area contributed by atoms with Gasteiger partial charge in [-0.25, -0.2) is 9.78 Å². The SMILES string of the molecule is Cc1cc(C)nc(NC(=O)N2CCN([C@@H](C)c3cccnc3)CC2)c1. The van der Waals surface area contributed by atoms with Crippen molar-refractivity contribution in [1.82, 2.24) is 19.8 Å². The summed E-state index contributed by atoms with van der Waals surface area (Å²) in [5.74, 6) is 0.619. The molecule has 0 radical (unpaired) electrons. The first-order chi connectivity index (χ1) is 12.0. The molecule has 0 unspecified atom stereocenters. The number of aryl methyl sites for hydroxylation is 2. The van der Waals surface area contributed by atoms with Gasteiger partial charge >= 0.3 is 6.03 Å². The van der Waals surface area contributed by atoms with Crippen molar-refractivity contribution in [2.75, 3.05) is 31.5 Å². The van der Waals surface area contributed by atoms with E-state index in [9.17, 15) is 4.79 Å². The Morgan fingerprint density at radius 3 is 2.60 bits per heavy atom. The lowest BCUT2D eigenvalue weighted by Crippen LogP contribution is -2.50. The van der Waals surface area contributed by atoms with Gasteiger partial charge in [0.1, 0.15) is 5.82 Å². The third-order valence-corrected chi connectivity index (χ3v) is 4.65. The molecular weight excluding hydrogens is 314 g/mol. The van der Waals surface area contributed by atoms with Crippen molar-refractivity contribution in [3.63, 3.8) is 0 Å². The summed E-state index contributed by atoms with van der Waals surface area (Å²) >= 11 is 0. The summed E-state index contributed by atoms with van der Waals surface area (Å²) in [5, 5.41) is 2.92. The van der Waals surface area contributed by atoms with Gasteiger partial charge in [0.05, 0.1) is 0 Å². The Labute approximate surface area is 148 Å². The standard InChI is InChI=1S/C19H25N5O/c1-14-11-15(2)21-18(12-14)22-19(25)24-9-7-23(8-10-24)16(3)17-5-4-6-20-13-17/h4-6,11-13,16H,7-10H2,1-3H3,(H,21,22,25)/t16-/m0/s1. The van der Waals surface area contributed by atoms with Crippen molar-refractivity contribution in [3.05, 3.63) is 53.5 Å². The fourth-order valence-electron chi connectivity index (χ4n) is 3.24. The molecule has 0 bridgehead atoms. The molecule has 25 heavy (non-hydrogen) atoms. The van der Waals surface area contributed by atoms with E-state index in [0.29, 0.717) is 24.9 Å². The molecule has 0 spiro atoms. The zero-order valence-corrected chi connectivity index (χ0v) is 15.1. The fourth-order valence-corrected chi connectivity index (χ4v) is 3.24. The summed E-state index contributed by atoms with van der Waals surface area (Å²) in [7, 11) is 0. The van der Waals surface area contributed by atoms with Gasteiger partial charge in [0.2, 0.25) is 0 Å². The van der Waals surface area contributed by atoms with Crippen LogP contribution in [-0.2, 0) is 0 Å². The van der Waals surface area contributed by atoms with Crippen LogP contribution in [0, 0.1) is 13.8 Å². The number of nitrogens with zero attached hydrogens (tertiary/aromatic N) is 4. The topological polar surface area (TPSA) is 61.4 Å². The van der Waals surface area contributed by atoms with Crippen LogP contribution in [-0.4, -0.2) is 52.0 Å². The molecule has 6 heteroatoms. The molecule has 1 atom stereocenters. The molecular formula is C19H25N5O. The number of pyridine rings is 2. The van der Waals surface area contributed by atoms with Crippen LogP contribution >= 0.6 is 0 Å². The molecule has 1 saturated heterocycles. The number of urea groups is 1. The second kappa shape index (κ2) is 7.61. The maximum Gasteiger partial charge on any atom is 0.323 e. The summed E-state index contributed by atoms with van der Waals surface area (Å²) in [6.07, 6.45) is 3.70. The highest BCUT2D eigenvalue weighted by Gasteiger charge is 2.25. The molecule has 1 fully saturated rings. The second-order valence-corrected chi connectivity index (χ2v) is 6.59. The third-order valence-electron chi connectivity index (χ3n) is 4.65. The smallest absolute Gasteiger partial charge is 0.322 e. The summed E-state index contributed by atoms with van der Waals surface area (Å²) in [4.78, 5) is 25.3. The molecule has 6 nitrogen and oxygen atoms in total. The fraction of sp³-hybridized carbons (Fsp3) is 0.421. The van der Waals surface area contributed by atoms with E-state index in [1.165, 1.54) is 5.56 Å². The predicted molar refractivity (Wildman–Crippen MR) is 98.5 cm³/mol. The average Bonchev–Trinajstić information content (AvgIpc) is 2.61. The quantitative estimate of drug-likeness (QED) is 0.934. The predicted octanol–water partition coefficient (Wildman–Crippen LogP) is 3.00. The van der Waals surface area contributed by atoms with E-state index >= 15 is 0 Å². The number of nitrogens with one attached hydrogen (secondary N) is 1. The first-order valence-electron chi connectivity index (χ1n) is 8.68. The third kappa shape index (κ3) is 4.33. The Bertz CT molecular complexity index is 706. The van der Waals surface area contributed by atoms with Crippen LogP contribution in [0.5, 0.6) is 0 Å². The monoisotopic (exact) mass is 339 g/mol. The minimum absolute atomic E-state index is 0.0776. The van der Waals surface area contributed by atoms with Gasteiger partial charge in [0.15, 0.2) is 0 Å². The van der Waals surface area contributed by atoms with Gasteiger partial charge in [-0.3, -0.25) is 15.2 Å². The van der Waals surface area contributed by atoms with Crippen molar-refractivity contribution in [2.45, 2.75) is 26.8 Å². The summed E-state index contributed by atoms with van der Waals surface area (Å²) in [5.41, 5.74) is 3.21. The Balaban J connectivity index is 1.55. The van der Waals surface area contributed by atoms with Crippen LogP contribution < -0.4 is 5.32 Å². The van der Waals surface area contributed by atoms with E-state index in [2.05, 4.69) is 33.2 Å². The maximum atomic E-state index is 12.5. The Morgan fingerprint density at radius 2 is 1.96 bits per heavy atom. The number of piperazine rings is 1. The second-order valence-electron chi connectivity index (χ2n) is 6.59. The van der Waals surface area contributed by atoms with Crippen LogP contribution in [0.25, 0.3) is 0 Å². The van der Waals surface area contributed by atoms with Gasteiger partial charge in [-0.05, 0) is 50.1 Å². The lowest BCUT2D eigenvalue weighted by Gasteiger charge is -2.38. The molecule has 132 valence electrons. The molecule has 2 aromatic rings. The number of amides is 2. The van der Waals surface area contributed by atoms with Crippen LogP contribution in [0.1, 0.15) is 29.8 Å². The number of rotatable bonds is 3. The Hall–Kier alpha value is -2.47. The maximum absolute atomic E-state index is 12.5. The van der Waals surface area contributed by atoms with E-state index in [0.717, 1.165) is 24.3 Å². The van der Waals surface area contributed by atoms with E-state index < -0.39 is 0 Å². The van der Waals surface area contributed by atoms with Gasteiger partial charge < -0.3 is 4.90 Å². The highest BCUT2D eigenvalue weighted by Crippen LogP contribution is 2.21. The van der Waals surface area contributed by atoms with Gasteiger partial charge in [0, 0.05) is 50.3 Å². The molecule has 1 aliphatic heterocycles. The number of hydrogen-bond donors (Lipinski definition) is 1. The van der Waals surface area contributed by atoms with Crippen molar-refractivity contribution in [2.24, 2.45) is 0 Å². The van der Waals surface area contributed by atoms with E-state index in [-0.39, 0.29) is 6.03 Å². The van der Waals surface area contributed by atoms with Crippen molar-refractivity contribution < 1.29 is 4.79 Å². The highest BCUT2D eigenvalue weighted by atomic mass is 16.2. The molecule has 3 heterocycles. The van der Waals surface area contributed by atoms with E-state index in [4.69, 9.17) is 0 Å². The van der Waals surface area contributed by atoms with E-state index in [1.54, 1.807) is 6.20 Å². The van der Waals surface area contributed by atoms with Crippen molar-refractivity contribution in [1.29, 1.82) is 0 Å². The highest BCUT2D eigenvalue weighted by molar-refractivity contribution is 5.88. The van der Waals surface area contributed by atoms with Crippen LogP contribution in [0.4, 0.5) is 10.6 Å². The molecule has 2 aromatic heterocycles. The first kappa shape index (κ1) is 17.4. The number of carbonyl (C=O) groups excluding carboxylic acids is 1. The van der Waals surface area contributed by atoms with Crippen LogP contribution in [0.2, 0.25) is 0 Å². The minimum Gasteiger partial charge on any atom is -0.322 e. The zero-order valence-electron chi connectivity index (χ0n) is 15.1. The lowest BCUT2D eigenvalue weighted by atomic mass is 10.1. The number of carbonyl (C=O) groups is 1. The Morgan fingerprint density at radius 1 is 1.20 bits per heavy atom. The number of aromatic nitrogens is 2. The molecule has 1 N–H and O–H groups in total. The molecule has 0 saturated carbocycles. The summed E-state index contributed by atoms with van der Waals surface area (Å²) in [6, 6.07) is 8.18. The molecule has 3 rings (SSSR count). The van der Waals surface area contributed by atoms with Crippen molar-refractivity contribution >= 4 is 11.8 Å². The minimum atomic E-state index is -0.0776. The lowest BCUT2D eigenvalue weighted by molar-refractivity contribution is 0.119. The molecule has 0 aromatic carbocycles. The van der Waals surface area contributed by atoms with Gasteiger partial charge in [-0.1, -0.05) is 6.07 Å². The van der Waals surface area contributed by atoms with Crippen LogP contribution in [0.15, 0.2) is 36.7 Å². The van der Waals surface area contributed by atoms with Gasteiger partial charge in [-0.15, -0.1) is 0 Å². The summed E-state index contributed by atoms with van der Waals surface area (Å²) in [6.45, 7) is 9.24. The molecule has 2 amide bonds. The van der Waals surface area contributed by atoms with Crippen LogP contribution in [0.3, 0.4) is 0 Å². The normalized spacial score (nSPS) is 16.5. The average molecular weight is 339 g/mol. The first-order valence-corrected chi connectivity index (χ1v) is 8.68. The largest absolute Gasteiger partial charge is 0.323 e. The number of hydrogen-bond acceptors (Lipinski definition) is 4. The molecule has 1 aliphatic rings. The van der Waals surface area contributed by atoms with Gasteiger partial charge in [0.25, 0.3) is 0 Å². The van der Waals surface area contributed by atoms with E-state index in [1.807, 2.05) is 43.1 Å². The Kier molecular flexibility index (Phi) is 5.28. The molecule has 0 aliphatic carbocycles. The number of anilines is 1.